The van der Waals surface area contributed by atoms with Crippen LogP contribution in [0.25, 0.3) is 0 Å². The Hall–Kier alpha value is -2.91. The SMILES string of the molecule is CC(Oc1ccc(C#N)cc1)C(=O)NCC(O)c1ccc(F)cc1. The number of amides is 1. The molecule has 24 heavy (non-hydrogen) atoms. The number of nitrogens with one attached hydrogen (secondary N) is 1. The highest BCUT2D eigenvalue weighted by Gasteiger charge is 2.16. The van der Waals surface area contributed by atoms with E-state index in [-0.39, 0.29) is 18.3 Å². The van der Waals surface area contributed by atoms with Crippen LogP contribution in [0.15, 0.2) is 48.5 Å². The van der Waals surface area contributed by atoms with E-state index >= 15 is 0 Å². The fourth-order valence-corrected chi connectivity index (χ4v) is 2.01. The van der Waals surface area contributed by atoms with Gasteiger partial charge in [-0.05, 0) is 48.9 Å². The van der Waals surface area contributed by atoms with Gasteiger partial charge in [-0.2, -0.15) is 5.26 Å². The fourth-order valence-electron chi connectivity index (χ4n) is 2.01. The number of nitriles is 1. The Labute approximate surface area is 139 Å². The summed E-state index contributed by atoms with van der Waals surface area (Å²) in [6.45, 7) is 1.57. The number of aliphatic hydroxyl groups excluding tert-OH is 1. The molecule has 1 amide bonds. The molecule has 0 spiro atoms. The van der Waals surface area contributed by atoms with Crippen molar-refractivity contribution in [3.8, 4) is 11.8 Å². The molecule has 0 fully saturated rings. The first kappa shape index (κ1) is 17.4. The van der Waals surface area contributed by atoms with E-state index in [2.05, 4.69) is 5.32 Å². The van der Waals surface area contributed by atoms with Crippen LogP contribution in [-0.2, 0) is 4.79 Å². The Morgan fingerprint density at radius 1 is 1.25 bits per heavy atom. The Balaban J connectivity index is 1.84. The molecule has 2 atom stereocenters. The first-order chi connectivity index (χ1) is 11.5. The summed E-state index contributed by atoms with van der Waals surface area (Å²) in [6, 6.07) is 13.8. The van der Waals surface area contributed by atoms with Gasteiger partial charge in [0.2, 0.25) is 0 Å². The zero-order valence-electron chi connectivity index (χ0n) is 13.1. The van der Waals surface area contributed by atoms with Gasteiger partial charge >= 0.3 is 0 Å². The van der Waals surface area contributed by atoms with Gasteiger partial charge in [0, 0.05) is 6.54 Å². The van der Waals surface area contributed by atoms with Crippen molar-refractivity contribution < 1.29 is 19.0 Å². The first-order valence-electron chi connectivity index (χ1n) is 7.37. The molecule has 124 valence electrons. The van der Waals surface area contributed by atoms with E-state index in [9.17, 15) is 14.3 Å². The predicted molar refractivity (Wildman–Crippen MR) is 85.6 cm³/mol. The molecule has 2 N–H and O–H groups in total. The van der Waals surface area contributed by atoms with Crippen LogP contribution in [0.1, 0.15) is 24.2 Å². The standard InChI is InChI=1S/C18H17FN2O3/c1-12(24-16-8-2-13(10-20)3-9-16)18(23)21-11-17(22)14-4-6-15(19)7-5-14/h2-9,12,17,22H,11H2,1H3,(H,21,23). The van der Waals surface area contributed by atoms with Gasteiger partial charge in [-0.25, -0.2) is 4.39 Å². The number of hydrogen-bond donors (Lipinski definition) is 2. The van der Waals surface area contributed by atoms with Crippen molar-refractivity contribution in [3.63, 3.8) is 0 Å². The maximum absolute atomic E-state index is 12.8. The Morgan fingerprint density at radius 3 is 2.46 bits per heavy atom. The molecule has 0 radical (unpaired) electrons. The Kier molecular flexibility index (Phi) is 5.88. The van der Waals surface area contributed by atoms with Gasteiger partial charge in [0.15, 0.2) is 6.10 Å². The van der Waals surface area contributed by atoms with Crippen LogP contribution in [0.4, 0.5) is 4.39 Å². The van der Waals surface area contributed by atoms with Gasteiger partial charge in [-0.15, -0.1) is 0 Å². The molecule has 2 unspecified atom stereocenters. The van der Waals surface area contributed by atoms with Crippen molar-refractivity contribution in [2.24, 2.45) is 0 Å². The maximum atomic E-state index is 12.8. The van der Waals surface area contributed by atoms with Crippen LogP contribution in [-0.4, -0.2) is 23.7 Å². The molecule has 5 nitrogen and oxygen atoms in total. The third-order valence-electron chi connectivity index (χ3n) is 3.39. The summed E-state index contributed by atoms with van der Waals surface area (Å²) in [5, 5.41) is 21.3. The van der Waals surface area contributed by atoms with E-state index in [1.807, 2.05) is 6.07 Å². The fraction of sp³-hybridized carbons (Fsp3) is 0.222. The summed E-state index contributed by atoms with van der Waals surface area (Å²) < 4.78 is 18.3. The summed E-state index contributed by atoms with van der Waals surface area (Å²) in [6.07, 6.45) is -1.70. The van der Waals surface area contributed by atoms with Crippen molar-refractivity contribution in [3.05, 3.63) is 65.5 Å². The first-order valence-corrected chi connectivity index (χ1v) is 7.37. The third-order valence-corrected chi connectivity index (χ3v) is 3.39. The quantitative estimate of drug-likeness (QED) is 0.852. The highest BCUT2D eigenvalue weighted by atomic mass is 19.1. The number of carbonyl (C=O) groups is 1. The molecule has 0 aliphatic carbocycles. The van der Waals surface area contributed by atoms with E-state index < -0.39 is 12.2 Å². The minimum atomic E-state index is -0.934. The Bertz CT molecular complexity index is 723. The molecule has 0 bridgehead atoms. The molecular formula is C18H17FN2O3. The number of aliphatic hydroxyl groups is 1. The molecule has 6 heteroatoms. The molecule has 2 rings (SSSR count). The lowest BCUT2D eigenvalue weighted by atomic mass is 10.1. The molecular weight excluding hydrogens is 311 g/mol. The second-order valence-corrected chi connectivity index (χ2v) is 5.21. The van der Waals surface area contributed by atoms with E-state index in [0.29, 0.717) is 16.9 Å². The minimum Gasteiger partial charge on any atom is -0.481 e. The molecule has 2 aromatic rings. The van der Waals surface area contributed by atoms with Gasteiger partial charge in [-0.3, -0.25) is 4.79 Å². The number of nitrogens with zero attached hydrogens (tertiary/aromatic N) is 1. The second kappa shape index (κ2) is 8.09. The van der Waals surface area contributed by atoms with E-state index in [0.717, 1.165) is 0 Å². The van der Waals surface area contributed by atoms with E-state index in [4.69, 9.17) is 10.00 Å². The summed E-state index contributed by atoms with van der Waals surface area (Å²) in [5.41, 5.74) is 1.01. The molecule has 2 aromatic carbocycles. The van der Waals surface area contributed by atoms with Gasteiger partial charge < -0.3 is 15.2 Å². The third kappa shape index (κ3) is 4.80. The maximum Gasteiger partial charge on any atom is 0.260 e. The highest BCUT2D eigenvalue weighted by Crippen LogP contribution is 2.14. The number of benzene rings is 2. The van der Waals surface area contributed by atoms with Crippen molar-refractivity contribution in [2.45, 2.75) is 19.1 Å². The molecule has 0 aromatic heterocycles. The molecule has 0 saturated carbocycles. The monoisotopic (exact) mass is 328 g/mol. The average molecular weight is 328 g/mol. The lowest BCUT2D eigenvalue weighted by Crippen LogP contribution is -2.38. The lowest BCUT2D eigenvalue weighted by molar-refractivity contribution is -0.127. The minimum absolute atomic E-state index is 0.00840. The number of halogens is 1. The zero-order valence-corrected chi connectivity index (χ0v) is 13.1. The smallest absolute Gasteiger partial charge is 0.260 e. The van der Waals surface area contributed by atoms with Gasteiger partial charge in [-0.1, -0.05) is 12.1 Å². The van der Waals surface area contributed by atoms with Crippen LogP contribution in [0.5, 0.6) is 5.75 Å². The molecule has 0 saturated heterocycles. The number of hydrogen-bond acceptors (Lipinski definition) is 4. The number of ether oxygens (including phenoxy) is 1. The van der Waals surface area contributed by atoms with Crippen molar-refractivity contribution >= 4 is 5.91 Å². The second-order valence-electron chi connectivity index (χ2n) is 5.21. The summed E-state index contributed by atoms with van der Waals surface area (Å²) >= 11 is 0. The van der Waals surface area contributed by atoms with Crippen LogP contribution in [0.2, 0.25) is 0 Å². The van der Waals surface area contributed by atoms with E-state index in [1.165, 1.54) is 24.3 Å². The normalized spacial score (nSPS) is 12.8. The van der Waals surface area contributed by atoms with Crippen LogP contribution in [0.3, 0.4) is 0 Å². The Morgan fingerprint density at radius 2 is 1.88 bits per heavy atom. The molecule has 0 heterocycles. The predicted octanol–water partition coefficient (Wildman–Crippen LogP) is 2.31. The summed E-state index contributed by atoms with van der Waals surface area (Å²) in [4.78, 5) is 12.0. The van der Waals surface area contributed by atoms with Crippen molar-refractivity contribution in [2.75, 3.05) is 6.54 Å². The van der Waals surface area contributed by atoms with Gasteiger partial charge in [0.1, 0.15) is 11.6 Å². The highest BCUT2D eigenvalue weighted by molar-refractivity contribution is 5.80. The largest absolute Gasteiger partial charge is 0.481 e. The van der Waals surface area contributed by atoms with E-state index in [1.54, 1.807) is 31.2 Å². The van der Waals surface area contributed by atoms with Crippen LogP contribution < -0.4 is 10.1 Å². The van der Waals surface area contributed by atoms with Crippen LogP contribution >= 0.6 is 0 Å². The topological polar surface area (TPSA) is 82.3 Å². The number of rotatable bonds is 6. The number of carbonyl (C=O) groups excluding carboxylic acids is 1. The van der Waals surface area contributed by atoms with Crippen LogP contribution in [0, 0.1) is 17.1 Å². The van der Waals surface area contributed by atoms with Gasteiger partial charge in [0.25, 0.3) is 5.91 Å². The average Bonchev–Trinajstić information content (AvgIpc) is 2.60. The summed E-state index contributed by atoms with van der Waals surface area (Å²) in [7, 11) is 0. The van der Waals surface area contributed by atoms with Crippen molar-refractivity contribution in [1.29, 1.82) is 5.26 Å². The van der Waals surface area contributed by atoms with Gasteiger partial charge in [0.05, 0.1) is 17.7 Å². The van der Waals surface area contributed by atoms with Crippen molar-refractivity contribution in [1.82, 2.24) is 5.32 Å². The zero-order chi connectivity index (χ0) is 17.5. The molecule has 0 aliphatic rings. The lowest BCUT2D eigenvalue weighted by Gasteiger charge is -2.17. The summed E-state index contributed by atoms with van der Waals surface area (Å²) in [5.74, 6) is -0.310. The molecule has 0 aliphatic heterocycles.